The van der Waals surface area contributed by atoms with E-state index in [1.54, 1.807) is 12.1 Å². The predicted molar refractivity (Wildman–Crippen MR) is 65.8 cm³/mol. The SMILES string of the molecule is N#Cc1ccc(N2CC(C(N)=O)CC2=O)c(Cl)c1. The number of nitriles is 1. The van der Waals surface area contributed by atoms with E-state index in [1.165, 1.54) is 11.0 Å². The molecule has 0 aliphatic carbocycles. The zero-order chi connectivity index (χ0) is 13.3. The highest BCUT2D eigenvalue weighted by atomic mass is 35.5. The Balaban J connectivity index is 2.30. The molecule has 1 aliphatic heterocycles. The van der Waals surface area contributed by atoms with E-state index in [9.17, 15) is 9.59 Å². The minimum atomic E-state index is -0.490. The highest BCUT2D eigenvalue weighted by Gasteiger charge is 2.34. The van der Waals surface area contributed by atoms with E-state index >= 15 is 0 Å². The van der Waals surface area contributed by atoms with E-state index in [0.29, 0.717) is 16.3 Å². The number of nitrogens with two attached hydrogens (primary N) is 1. The molecule has 2 N–H and O–H groups in total. The van der Waals surface area contributed by atoms with Gasteiger partial charge in [0.25, 0.3) is 0 Å². The molecular formula is C12H10ClN3O2. The van der Waals surface area contributed by atoms with Crippen LogP contribution in [-0.2, 0) is 9.59 Å². The Labute approximate surface area is 109 Å². The summed E-state index contributed by atoms with van der Waals surface area (Å²) in [5.41, 5.74) is 6.11. The van der Waals surface area contributed by atoms with E-state index in [-0.39, 0.29) is 18.9 Å². The van der Waals surface area contributed by atoms with E-state index in [0.717, 1.165) is 0 Å². The highest BCUT2D eigenvalue weighted by Crippen LogP contribution is 2.31. The molecule has 1 aromatic carbocycles. The molecule has 1 unspecified atom stereocenters. The molecule has 2 amide bonds. The van der Waals surface area contributed by atoms with E-state index < -0.39 is 11.8 Å². The van der Waals surface area contributed by atoms with Crippen molar-refractivity contribution in [1.82, 2.24) is 0 Å². The average molecular weight is 264 g/mol. The van der Waals surface area contributed by atoms with Gasteiger partial charge < -0.3 is 10.6 Å². The largest absolute Gasteiger partial charge is 0.369 e. The first-order valence-electron chi connectivity index (χ1n) is 5.32. The van der Waals surface area contributed by atoms with Crippen LogP contribution in [0, 0.1) is 17.2 Å². The van der Waals surface area contributed by atoms with Crippen LogP contribution in [0.15, 0.2) is 18.2 Å². The first kappa shape index (κ1) is 12.4. The van der Waals surface area contributed by atoms with Gasteiger partial charge in [-0.05, 0) is 18.2 Å². The topological polar surface area (TPSA) is 87.2 Å². The highest BCUT2D eigenvalue weighted by molar-refractivity contribution is 6.34. The molecule has 1 aromatic rings. The fourth-order valence-corrected chi connectivity index (χ4v) is 2.21. The van der Waals surface area contributed by atoms with Crippen LogP contribution in [0.4, 0.5) is 5.69 Å². The van der Waals surface area contributed by atoms with Crippen molar-refractivity contribution >= 4 is 29.1 Å². The first-order valence-corrected chi connectivity index (χ1v) is 5.70. The number of primary amides is 1. The van der Waals surface area contributed by atoms with Crippen molar-refractivity contribution in [3.8, 4) is 6.07 Å². The average Bonchev–Trinajstić information content (AvgIpc) is 2.71. The number of carbonyl (C=O) groups is 2. The van der Waals surface area contributed by atoms with Gasteiger partial charge in [-0.2, -0.15) is 5.26 Å². The summed E-state index contributed by atoms with van der Waals surface area (Å²) in [4.78, 5) is 24.3. The Morgan fingerprint density at radius 1 is 1.56 bits per heavy atom. The Morgan fingerprint density at radius 3 is 2.78 bits per heavy atom. The molecule has 1 fully saturated rings. The van der Waals surface area contributed by atoms with Crippen LogP contribution in [0.1, 0.15) is 12.0 Å². The van der Waals surface area contributed by atoms with Gasteiger partial charge in [0.15, 0.2) is 0 Å². The van der Waals surface area contributed by atoms with Gasteiger partial charge in [-0.15, -0.1) is 0 Å². The summed E-state index contributed by atoms with van der Waals surface area (Å²) in [6.07, 6.45) is 0.103. The zero-order valence-corrected chi connectivity index (χ0v) is 10.1. The molecule has 0 radical (unpaired) electrons. The van der Waals surface area contributed by atoms with Crippen molar-refractivity contribution in [1.29, 1.82) is 5.26 Å². The van der Waals surface area contributed by atoms with Crippen LogP contribution < -0.4 is 10.6 Å². The molecule has 1 atom stereocenters. The van der Waals surface area contributed by atoms with Crippen molar-refractivity contribution < 1.29 is 9.59 Å². The molecule has 0 bridgehead atoms. The smallest absolute Gasteiger partial charge is 0.227 e. The number of nitrogens with zero attached hydrogens (tertiary/aromatic N) is 2. The maximum atomic E-state index is 11.8. The molecule has 92 valence electrons. The zero-order valence-electron chi connectivity index (χ0n) is 9.39. The number of hydrogen-bond acceptors (Lipinski definition) is 3. The van der Waals surface area contributed by atoms with Crippen LogP contribution in [0.25, 0.3) is 0 Å². The fraction of sp³-hybridized carbons (Fsp3) is 0.250. The Morgan fingerprint density at radius 2 is 2.28 bits per heavy atom. The van der Waals surface area contributed by atoms with E-state index in [1.807, 2.05) is 6.07 Å². The van der Waals surface area contributed by atoms with Crippen molar-refractivity contribution in [3.05, 3.63) is 28.8 Å². The molecule has 0 aromatic heterocycles. The molecule has 5 nitrogen and oxygen atoms in total. The van der Waals surface area contributed by atoms with Gasteiger partial charge in [0.05, 0.1) is 28.3 Å². The lowest BCUT2D eigenvalue weighted by Gasteiger charge is -2.17. The van der Waals surface area contributed by atoms with Crippen LogP contribution in [0.2, 0.25) is 5.02 Å². The fourth-order valence-electron chi connectivity index (χ4n) is 1.93. The number of halogens is 1. The van der Waals surface area contributed by atoms with Gasteiger partial charge in [-0.25, -0.2) is 0 Å². The lowest BCUT2D eigenvalue weighted by Crippen LogP contribution is -2.28. The third-order valence-corrected chi connectivity index (χ3v) is 3.20. The van der Waals surface area contributed by atoms with Crippen molar-refractivity contribution in [3.63, 3.8) is 0 Å². The summed E-state index contributed by atoms with van der Waals surface area (Å²) in [7, 11) is 0. The summed E-state index contributed by atoms with van der Waals surface area (Å²) in [5, 5.41) is 9.05. The number of benzene rings is 1. The molecule has 18 heavy (non-hydrogen) atoms. The van der Waals surface area contributed by atoms with Crippen molar-refractivity contribution in [2.24, 2.45) is 11.7 Å². The predicted octanol–water partition coefficient (Wildman–Crippen LogP) is 1.05. The summed E-state index contributed by atoms with van der Waals surface area (Å²) < 4.78 is 0. The third-order valence-electron chi connectivity index (χ3n) is 2.89. The van der Waals surface area contributed by atoms with Gasteiger partial charge >= 0.3 is 0 Å². The third kappa shape index (κ3) is 2.15. The molecular weight excluding hydrogens is 254 g/mol. The lowest BCUT2D eigenvalue weighted by atomic mass is 10.1. The van der Waals surface area contributed by atoms with Crippen molar-refractivity contribution in [2.75, 3.05) is 11.4 Å². The number of amides is 2. The number of rotatable bonds is 2. The van der Waals surface area contributed by atoms with Crippen LogP contribution in [0.5, 0.6) is 0 Å². The van der Waals surface area contributed by atoms with Gasteiger partial charge in [0.1, 0.15) is 0 Å². The second-order valence-corrected chi connectivity index (χ2v) is 4.49. The van der Waals surface area contributed by atoms with Gasteiger partial charge in [-0.3, -0.25) is 9.59 Å². The minimum Gasteiger partial charge on any atom is -0.369 e. The first-order chi connectivity index (χ1) is 8.52. The number of carbonyl (C=O) groups excluding carboxylic acids is 2. The summed E-state index contributed by atoms with van der Waals surface area (Å²) in [6.45, 7) is 0.236. The maximum Gasteiger partial charge on any atom is 0.227 e. The van der Waals surface area contributed by atoms with Crippen molar-refractivity contribution in [2.45, 2.75) is 6.42 Å². The lowest BCUT2D eigenvalue weighted by molar-refractivity contribution is -0.123. The minimum absolute atomic E-state index is 0.103. The standard InChI is InChI=1S/C12H10ClN3O2/c13-9-3-7(5-14)1-2-10(9)16-6-8(12(15)18)4-11(16)17/h1-3,8H,4,6H2,(H2,15,18). The summed E-state index contributed by atoms with van der Waals surface area (Å²) in [5.74, 6) is -1.16. The van der Waals surface area contributed by atoms with Crippen LogP contribution in [-0.4, -0.2) is 18.4 Å². The molecule has 2 rings (SSSR count). The van der Waals surface area contributed by atoms with Gasteiger partial charge in [-0.1, -0.05) is 11.6 Å². The monoisotopic (exact) mass is 263 g/mol. The Bertz CT molecular complexity index is 565. The summed E-state index contributed by atoms with van der Waals surface area (Å²) >= 11 is 6.02. The van der Waals surface area contributed by atoms with E-state index in [4.69, 9.17) is 22.6 Å². The second kappa shape index (κ2) is 4.67. The quantitative estimate of drug-likeness (QED) is 0.865. The Kier molecular flexibility index (Phi) is 3.21. The molecule has 1 saturated heterocycles. The van der Waals surface area contributed by atoms with Crippen LogP contribution in [0.3, 0.4) is 0 Å². The number of anilines is 1. The molecule has 1 heterocycles. The normalized spacial score (nSPS) is 18.8. The second-order valence-electron chi connectivity index (χ2n) is 4.09. The molecule has 0 saturated carbocycles. The van der Waals surface area contributed by atoms with Gasteiger partial charge in [0.2, 0.25) is 11.8 Å². The Hall–Kier alpha value is -2.06. The van der Waals surface area contributed by atoms with E-state index in [2.05, 4.69) is 0 Å². The maximum absolute atomic E-state index is 11.8. The van der Waals surface area contributed by atoms with Crippen LogP contribution >= 0.6 is 11.6 Å². The molecule has 0 spiro atoms. The number of hydrogen-bond donors (Lipinski definition) is 1. The van der Waals surface area contributed by atoms with Gasteiger partial charge in [0, 0.05) is 13.0 Å². The molecule has 1 aliphatic rings. The molecule has 6 heteroatoms. The summed E-state index contributed by atoms with van der Waals surface area (Å²) in [6, 6.07) is 6.62.